The number of carbonyl (C=O) groups is 2. The average molecular weight is 653 g/mol. The van der Waals surface area contributed by atoms with Crippen LogP contribution < -0.4 is 10.6 Å². The number of nitrogens with one attached hydrogen (secondary N) is 2. The van der Waals surface area contributed by atoms with Crippen molar-refractivity contribution in [1.82, 2.24) is 15.2 Å². The zero-order valence-corrected chi connectivity index (χ0v) is 29.9. The van der Waals surface area contributed by atoms with Gasteiger partial charge >= 0.3 is 12.0 Å². The second kappa shape index (κ2) is 17.8. The zero-order valence-electron chi connectivity index (χ0n) is 29.1. The number of aliphatic carboxylic acids is 1. The molecule has 252 valence electrons. The number of fused-ring (bicyclic) bond motifs is 1. The fourth-order valence-electron chi connectivity index (χ4n) is 4.17. The summed E-state index contributed by atoms with van der Waals surface area (Å²) in [5, 5.41) is 14.8. The second-order valence-corrected chi connectivity index (χ2v) is 13.2. The van der Waals surface area contributed by atoms with Crippen LogP contribution in [0.1, 0.15) is 79.5 Å². The molecule has 0 bridgehead atoms. The molecule has 1 atom stereocenters. The van der Waals surface area contributed by atoms with Crippen LogP contribution in [-0.4, -0.2) is 59.6 Å². The van der Waals surface area contributed by atoms with Crippen molar-refractivity contribution in [2.75, 3.05) is 32.1 Å². The number of hydrogen-bond acceptors (Lipinski definition) is 7. The SMILES string of the molecule is C/C=C(\C=C(C)C)c1cc(C2C=CC=CN2C)c2sc(NC(=O)NCC)nc2c1.C=C(C)C(C)C.CC1COC(C)(C(=O)O)OC1. The van der Waals surface area contributed by atoms with Crippen molar-refractivity contribution >= 4 is 44.3 Å². The summed E-state index contributed by atoms with van der Waals surface area (Å²) in [4.78, 5) is 29.4. The highest BCUT2D eigenvalue weighted by atomic mass is 32.1. The molecular weight excluding hydrogens is 600 g/mol. The number of carboxylic acids is 1. The molecule has 0 radical (unpaired) electrons. The van der Waals surface area contributed by atoms with Crippen LogP contribution >= 0.6 is 11.3 Å². The van der Waals surface area contributed by atoms with Gasteiger partial charge in [-0.25, -0.2) is 14.6 Å². The molecule has 9 nitrogen and oxygen atoms in total. The minimum Gasteiger partial charge on any atom is -0.477 e. The smallest absolute Gasteiger partial charge is 0.364 e. The standard InChI is InChI=1S/C23H28N4OS.C7H12O4.C6H12/c1-6-16(12-15(3)4)17-13-18(20-10-8-9-11-27(20)5)21-19(14-17)25-23(29-21)26-22(28)24-7-2;1-5-3-10-7(2,6(8)9)11-4-5;1-5(2)6(3)4/h6,8-14,20H,7H2,1-5H3,(H2,24,25,26,28);5H,3-4H2,1-2H3,(H,8,9);6H,1H2,2-4H3/b16-6+;;. The first-order chi connectivity index (χ1) is 21.6. The molecular formula is C36H52N4O5S. The predicted octanol–water partition coefficient (Wildman–Crippen LogP) is 8.55. The molecule has 0 saturated carbocycles. The first kappa shape index (κ1) is 38.5. The largest absolute Gasteiger partial charge is 0.477 e. The van der Waals surface area contributed by atoms with E-state index in [1.165, 1.54) is 35.0 Å². The summed E-state index contributed by atoms with van der Waals surface area (Å²) in [6, 6.07) is 4.24. The van der Waals surface area contributed by atoms with Gasteiger partial charge in [0.1, 0.15) is 0 Å². The van der Waals surface area contributed by atoms with E-state index < -0.39 is 11.8 Å². The molecule has 4 rings (SSSR count). The number of carboxylic acid groups (broad SMARTS) is 1. The van der Waals surface area contributed by atoms with Gasteiger partial charge in [0.15, 0.2) is 5.13 Å². The average Bonchev–Trinajstić information content (AvgIpc) is 3.40. The van der Waals surface area contributed by atoms with E-state index in [0.29, 0.717) is 30.8 Å². The normalized spacial score (nSPS) is 20.7. The third-order valence-electron chi connectivity index (χ3n) is 7.31. The van der Waals surface area contributed by atoms with Crippen LogP contribution in [0, 0.1) is 11.8 Å². The van der Waals surface area contributed by atoms with Crippen LogP contribution in [0.25, 0.3) is 15.8 Å². The molecule has 1 aromatic carbocycles. The predicted molar refractivity (Wildman–Crippen MR) is 191 cm³/mol. The molecule has 10 heteroatoms. The Labute approximate surface area is 278 Å². The highest BCUT2D eigenvalue weighted by molar-refractivity contribution is 7.22. The Bertz CT molecular complexity index is 1470. The molecule has 2 aromatic rings. The lowest BCUT2D eigenvalue weighted by molar-refractivity contribution is -0.268. The van der Waals surface area contributed by atoms with Crippen molar-refractivity contribution in [2.45, 2.75) is 74.1 Å². The molecule has 3 N–H and O–H groups in total. The lowest BCUT2D eigenvalue weighted by Gasteiger charge is -2.32. The van der Waals surface area contributed by atoms with Gasteiger partial charge in [-0.2, -0.15) is 0 Å². The van der Waals surface area contributed by atoms with E-state index in [4.69, 9.17) is 19.6 Å². The van der Waals surface area contributed by atoms with Crippen LogP contribution in [0.4, 0.5) is 9.93 Å². The van der Waals surface area contributed by atoms with Gasteiger partial charge in [-0.1, -0.05) is 74.1 Å². The summed E-state index contributed by atoms with van der Waals surface area (Å²) in [6.07, 6.45) is 12.7. The van der Waals surface area contributed by atoms with Crippen molar-refractivity contribution in [1.29, 1.82) is 0 Å². The number of hydrogen-bond donors (Lipinski definition) is 3. The number of anilines is 1. The van der Waals surface area contributed by atoms with Gasteiger partial charge in [0.25, 0.3) is 5.79 Å². The number of ether oxygens (including phenoxy) is 2. The fourth-order valence-corrected chi connectivity index (χ4v) is 5.15. The van der Waals surface area contributed by atoms with Gasteiger partial charge in [-0.05, 0) is 81.6 Å². The van der Waals surface area contributed by atoms with Crippen molar-refractivity contribution in [2.24, 2.45) is 11.8 Å². The van der Waals surface area contributed by atoms with E-state index in [0.717, 1.165) is 21.4 Å². The highest BCUT2D eigenvalue weighted by Crippen LogP contribution is 2.38. The molecule has 46 heavy (non-hydrogen) atoms. The summed E-state index contributed by atoms with van der Waals surface area (Å²) in [5.74, 6) is -1.55. The summed E-state index contributed by atoms with van der Waals surface area (Å²) in [6.45, 7) is 23.1. The molecule has 2 aliphatic heterocycles. The molecule has 3 heterocycles. The summed E-state index contributed by atoms with van der Waals surface area (Å²) >= 11 is 1.51. The van der Waals surface area contributed by atoms with Crippen LogP contribution in [-0.2, 0) is 14.3 Å². The van der Waals surface area contributed by atoms with E-state index >= 15 is 0 Å². The van der Waals surface area contributed by atoms with E-state index in [1.807, 2.05) is 26.8 Å². The van der Waals surface area contributed by atoms with E-state index in [2.05, 4.69) is 106 Å². The van der Waals surface area contributed by atoms with Gasteiger partial charge in [0, 0.05) is 26.4 Å². The minimum absolute atomic E-state index is 0.116. The number of nitrogens with zero attached hydrogens (tertiary/aromatic N) is 2. The van der Waals surface area contributed by atoms with Crippen LogP contribution in [0.3, 0.4) is 0 Å². The van der Waals surface area contributed by atoms with Crippen LogP contribution in [0.5, 0.6) is 0 Å². The Morgan fingerprint density at radius 1 is 1.22 bits per heavy atom. The first-order valence-corrected chi connectivity index (χ1v) is 16.5. The van der Waals surface area contributed by atoms with Crippen LogP contribution in [0.2, 0.25) is 0 Å². The topological polar surface area (TPSA) is 113 Å². The molecule has 1 aromatic heterocycles. The van der Waals surface area contributed by atoms with Gasteiger partial charge in [0.2, 0.25) is 0 Å². The molecule has 1 unspecified atom stereocenters. The van der Waals surface area contributed by atoms with Crippen molar-refractivity contribution in [3.05, 3.63) is 77.6 Å². The zero-order chi connectivity index (χ0) is 34.6. The van der Waals surface area contributed by atoms with E-state index in [9.17, 15) is 9.59 Å². The van der Waals surface area contributed by atoms with Crippen LogP contribution in [0.15, 0.2) is 66.4 Å². The number of thiazole rings is 1. The van der Waals surface area contributed by atoms with E-state index in [1.54, 1.807) is 0 Å². The molecule has 1 fully saturated rings. The fraction of sp³-hybridized carbons (Fsp3) is 0.472. The minimum atomic E-state index is -1.42. The first-order valence-electron chi connectivity index (χ1n) is 15.7. The number of aromatic nitrogens is 1. The maximum Gasteiger partial charge on any atom is 0.364 e. The Hall–Kier alpha value is -3.73. The number of benzene rings is 1. The third kappa shape index (κ3) is 11.3. The quantitative estimate of drug-likeness (QED) is 0.203. The van der Waals surface area contributed by atoms with Gasteiger partial charge in [-0.15, -0.1) is 0 Å². The molecule has 1 saturated heterocycles. The molecule has 0 aliphatic carbocycles. The lowest BCUT2D eigenvalue weighted by atomic mass is 9.96. The Balaban J connectivity index is 0.000000355. The van der Waals surface area contributed by atoms with Crippen molar-refractivity contribution < 1.29 is 24.2 Å². The van der Waals surface area contributed by atoms with Gasteiger partial charge in [0.05, 0.1) is 29.5 Å². The molecule has 2 aliphatic rings. The van der Waals surface area contributed by atoms with E-state index in [-0.39, 0.29) is 18.0 Å². The van der Waals surface area contributed by atoms with Gasteiger partial charge < -0.3 is 24.8 Å². The Morgan fingerprint density at radius 2 is 1.85 bits per heavy atom. The highest BCUT2D eigenvalue weighted by Gasteiger charge is 2.39. The summed E-state index contributed by atoms with van der Waals surface area (Å²) in [7, 11) is 2.07. The number of likely N-dealkylation sites (N-methyl/N-ethyl adjacent to an activating group) is 1. The Morgan fingerprint density at radius 3 is 2.35 bits per heavy atom. The van der Waals surface area contributed by atoms with Crippen molar-refractivity contribution in [3.63, 3.8) is 0 Å². The maximum absolute atomic E-state index is 12.0. The second-order valence-electron chi connectivity index (χ2n) is 12.2. The number of amides is 2. The maximum atomic E-state index is 12.0. The summed E-state index contributed by atoms with van der Waals surface area (Å²) in [5.41, 5.74) is 6.87. The number of carbonyl (C=O) groups excluding carboxylic acids is 1. The van der Waals surface area contributed by atoms with Crippen molar-refractivity contribution in [3.8, 4) is 0 Å². The monoisotopic (exact) mass is 652 g/mol. The Kier molecular flexibility index (Phi) is 14.9. The number of rotatable bonds is 7. The summed E-state index contributed by atoms with van der Waals surface area (Å²) < 4.78 is 11.1. The lowest BCUT2D eigenvalue weighted by Crippen LogP contribution is -2.47. The third-order valence-corrected chi connectivity index (χ3v) is 8.34. The van der Waals surface area contributed by atoms with Gasteiger partial charge in [-0.3, -0.25) is 5.32 Å². The molecule has 0 spiro atoms. The number of allylic oxidation sites excluding steroid dienone is 7. The molecule has 2 amide bonds. The number of urea groups is 1.